The molecular weight excluding hydrogens is 493 g/mol. The van der Waals surface area contributed by atoms with Gasteiger partial charge < -0.3 is 10.4 Å². The normalized spacial score (nSPS) is 13.1. The Morgan fingerprint density at radius 1 is 1.06 bits per heavy atom. The molecule has 0 saturated carbocycles. The molecule has 0 radical (unpaired) electrons. The Bertz CT molecular complexity index is 1520. The van der Waals surface area contributed by atoms with Crippen LogP contribution in [0.4, 0.5) is 10.1 Å². The molecule has 0 fully saturated rings. The lowest BCUT2D eigenvalue weighted by atomic mass is 10.0. The largest absolute Gasteiger partial charge is 0.382 e. The first-order valence-electron chi connectivity index (χ1n) is 10.6. The predicted molar refractivity (Wildman–Crippen MR) is 133 cm³/mol. The zero-order chi connectivity index (χ0) is 25.5. The van der Waals surface area contributed by atoms with Gasteiger partial charge in [-0.3, -0.25) is 4.98 Å². The topological polar surface area (TPSA) is 131 Å². The summed E-state index contributed by atoms with van der Waals surface area (Å²) in [5.74, 6) is -0.289. The van der Waals surface area contributed by atoms with Crippen LogP contribution < -0.4 is 10.5 Å². The van der Waals surface area contributed by atoms with E-state index in [9.17, 15) is 17.9 Å². The SMILES string of the molecule is C[C@@H](Nc1c(Cl)cnc2ccc(-c3cnc(C(C)(C)O)nc3)cc12)c1cc(S(N)(=O)=O)ccc1F. The van der Waals surface area contributed by atoms with Crippen LogP contribution in [0, 0.1) is 5.82 Å². The number of rotatable bonds is 6. The Labute approximate surface area is 207 Å². The number of anilines is 1. The molecule has 2 aromatic heterocycles. The van der Waals surface area contributed by atoms with Gasteiger partial charge in [0, 0.05) is 35.1 Å². The fraction of sp³-hybridized carbons (Fsp3) is 0.208. The van der Waals surface area contributed by atoms with Gasteiger partial charge in [0.05, 0.1) is 27.2 Å². The highest BCUT2D eigenvalue weighted by Crippen LogP contribution is 2.35. The maximum atomic E-state index is 14.6. The number of hydrogen-bond donors (Lipinski definition) is 3. The van der Waals surface area contributed by atoms with Crippen molar-refractivity contribution in [2.75, 3.05) is 5.32 Å². The van der Waals surface area contributed by atoms with Crippen molar-refractivity contribution in [2.24, 2.45) is 5.14 Å². The lowest BCUT2D eigenvalue weighted by molar-refractivity contribution is 0.0687. The fourth-order valence-corrected chi connectivity index (χ4v) is 4.37. The van der Waals surface area contributed by atoms with Crippen molar-refractivity contribution < 1.29 is 17.9 Å². The maximum absolute atomic E-state index is 14.6. The Hall–Kier alpha value is -3.18. The highest BCUT2D eigenvalue weighted by molar-refractivity contribution is 7.89. The molecular formula is C24H23ClFN5O3S. The fourth-order valence-electron chi connectivity index (χ4n) is 3.61. The summed E-state index contributed by atoms with van der Waals surface area (Å²) in [4.78, 5) is 12.7. The van der Waals surface area contributed by atoms with E-state index in [2.05, 4.69) is 20.3 Å². The first-order chi connectivity index (χ1) is 16.3. The van der Waals surface area contributed by atoms with Crippen LogP contribution in [0.15, 0.2) is 59.9 Å². The number of aromatic nitrogens is 3. The van der Waals surface area contributed by atoms with E-state index >= 15 is 0 Å². The van der Waals surface area contributed by atoms with Crippen molar-refractivity contribution in [1.82, 2.24) is 15.0 Å². The molecule has 11 heteroatoms. The number of pyridine rings is 1. The molecule has 0 bridgehead atoms. The molecule has 35 heavy (non-hydrogen) atoms. The highest BCUT2D eigenvalue weighted by atomic mass is 35.5. The van der Waals surface area contributed by atoms with Crippen LogP contribution >= 0.6 is 11.6 Å². The summed E-state index contributed by atoms with van der Waals surface area (Å²) in [5, 5.41) is 19.5. The molecule has 2 heterocycles. The van der Waals surface area contributed by atoms with Gasteiger partial charge in [-0.1, -0.05) is 17.7 Å². The average Bonchev–Trinajstić information content (AvgIpc) is 2.79. The molecule has 0 aliphatic rings. The molecule has 182 valence electrons. The summed E-state index contributed by atoms with van der Waals surface area (Å²) in [7, 11) is -4.00. The smallest absolute Gasteiger partial charge is 0.238 e. The van der Waals surface area contributed by atoms with Gasteiger partial charge in [-0.05, 0) is 56.7 Å². The Kier molecular flexibility index (Phi) is 6.50. The number of benzene rings is 2. The van der Waals surface area contributed by atoms with Crippen LogP contribution in [0.3, 0.4) is 0 Å². The Morgan fingerprint density at radius 3 is 2.37 bits per heavy atom. The highest BCUT2D eigenvalue weighted by Gasteiger charge is 2.20. The number of sulfonamides is 1. The van der Waals surface area contributed by atoms with E-state index in [0.717, 1.165) is 17.7 Å². The number of nitrogens with one attached hydrogen (secondary N) is 1. The second kappa shape index (κ2) is 9.12. The lowest BCUT2D eigenvalue weighted by Gasteiger charge is -2.20. The van der Waals surface area contributed by atoms with Gasteiger partial charge in [-0.25, -0.2) is 27.9 Å². The first-order valence-corrected chi connectivity index (χ1v) is 12.5. The van der Waals surface area contributed by atoms with Crippen LogP contribution in [0.2, 0.25) is 5.02 Å². The molecule has 0 amide bonds. The number of primary sulfonamides is 1. The van der Waals surface area contributed by atoms with Gasteiger partial charge in [-0.15, -0.1) is 0 Å². The molecule has 0 spiro atoms. The molecule has 4 N–H and O–H groups in total. The van der Waals surface area contributed by atoms with Gasteiger partial charge in [0.15, 0.2) is 5.82 Å². The average molecular weight is 516 g/mol. The molecule has 0 unspecified atom stereocenters. The molecule has 4 aromatic rings. The van der Waals surface area contributed by atoms with Crippen molar-refractivity contribution >= 4 is 38.2 Å². The van der Waals surface area contributed by atoms with Crippen molar-refractivity contribution in [3.05, 3.63) is 77.2 Å². The van der Waals surface area contributed by atoms with Gasteiger partial charge in [0.25, 0.3) is 0 Å². The molecule has 4 rings (SSSR count). The van der Waals surface area contributed by atoms with Gasteiger partial charge >= 0.3 is 0 Å². The number of hydrogen-bond acceptors (Lipinski definition) is 7. The van der Waals surface area contributed by atoms with Crippen molar-refractivity contribution in [3.63, 3.8) is 0 Å². The van der Waals surface area contributed by atoms with E-state index in [4.69, 9.17) is 16.7 Å². The summed E-state index contributed by atoms with van der Waals surface area (Å²) in [5.41, 5.74) is 1.58. The molecule has 0 aliphatic carbocycles. The lowest BCUT2D eigenvalue weighted by Crippen LogP contribution is -2.19. The summed E-state index contributed by atoms with van der Waals surface area (Å²) in [6.45, 7) is 4.89. The third kappa shape index (κ3) is 5.25. The van der Waals surface area contributed by atoms with Crippen LogP contribution in [-0.4, -0.2) is 28.5 Å². The summed E-state index contributed by atoms with van der Waals surface area (Å²) >= 11 is 6.46. The second-order valence-electron chi connectivity index (χ2n) is 8.66. The zero-order valence-corrected chi connectivity index (χ0v) is 20.7. The number of aliphatic hydroxyl groups is 1. The predicted octanol–water partition coefficient (Wildman–Crippen LogP) is 4.53. The van der Waals surface area contributed by atoms with Crippen LogP contribution in [0.1, 0.15) is 38.2 Å². The maximum Gasteiger partial charge on any atom is 0.238 e. The summed E-state index contributed by atoms with van der Waals surface area (Å²) in [6, 6.07) is 8.24. The van der Waals surface area contributed by atoms with Crippen molar-refractivity contribution in [3.8, 4) is 11.1 Å². The number of fused-ring (bicyclic) bond motifs is 1. The molecule has 0 aliphatic heterocycles. The van der Waals surface area contributed by atoms with Crippen molar-refractivity contribution in [2.45, 2.75) is 37.3 Å². The van der Waals surface area contributed by atoms with Crippen LogP contribution in [0.5, 0.6) is 0 Å². The minimum atomic E-state index is -4.00. The zero-order valence-electron chi connectivity index (χ0n) is 19.1. The number of halogens is 2. The van der Waals surface area contributed by atoms with E-state index < -0.39 is 27.5 Å². The summed E-state index contributed by atoms with van der Waals surface area (Å²) in [6.07, 6.45) is 4.71. The standard InChI is InChI=1S/C24H23ClFN5O3S/c1-13(17-9-16(35(27,33)34)5-6-20(17)26)31-22-18-8-14(4-7-21(18)28-12-19(22)25)15-10-29-23(30-11-15)24(2,3)32/h4-13,32H,1-3H3,(H,28,31)(H2,27,33,34)/t13-/m1/s1. The van der Waals surface area contributed by atoms with Crippen LogP contribution in [-0.2, 0) is 15.6 Å². The number of nitrogens with zero attached hydrogens (tertiary/aromatic N) is 3. The molecule has 2 aromatic carbocycles. The molecule has 8 nitrogen and oxygen atoms in total. The van der Waals surface area contributed by atoms with Gasteiger partial charge in [0.2, 0.25) is 10.0 Å². The van der Waals surface area contributed by atoms with E-state index in [0.29, 0.717) is 33.0 Å². The Balaban J connectivity index is 1.75. The second-order valence-corrected chi connectivity index (χ2v) is 10.6. The molecule has 0 saturated heterocycles. The van der Waals surface area contributed by atoms with E-state index in [1.165, 1.54) is 12.3 Å². The number of nitrogens with two attached hydrogens (primary N) is 1. The van der Waals surface area contributed by atoms with Crippen molar-refractivity contribution in [1.29, 1.82) is 0 Å². The Morgan fingerprint density at radius 2 is 1.74 bits per heavy atom. The quantitative estimate of drug-likeness (QED) is 0.343. The van der Waals surface area contributed by atoms with E-state index in [-0.39, 0.29) is 10.5 Å². The van der Waals surface area contributed by atoms with E-state index in [1.54, 1.807) is 33.2 Å². The third-order valence-electron chi connectivity index (χ3n) is 5.48. The summed E-state index contributed by atoms with van der Waals surface area (Å²) < 4.78 is 38.0. The van der Waals surface area contributed by atoms with E-state index in [1.807, 2.05) is 18.2 Å². The molecule has 1 atom stereocenters. The minimum absolute atomic E-state index is 0.115. The van der Waals surface area contributed by atoms with Crippen LogP contribution in [0.25, 0.3) is 22.0 Å². The minimum Gasteiger partial charge on any atom is -0.382 e. The van der Waals surface area contributed by atoms with Gasteiger partial charge in [0.1, 0.15) is 11.4 Å². The van der Waals surface area contributed by atoms with Gasteiger partial charge in [-0.2, -0.15) is 0 Å². The first kappa shape index (κ1) is 24.9. The third-order valence-corrected chi connectivity index (χ3v) is 6.68. The monoisotopic (exact) mass is 515 g/mol.